The van der Waals surface area contributed by atoms with Crippen LogP contribution in [0.15, 0.2) is 12.5 Å². The van der Waals surface area contributed by atoms with Crippen molar-refractivity contribution in [3.8, 4) is 0 Å². The maximum Gasteiger partial charge on any atom is 0.226 e. The highest BCUT2D eigenvalue weighted by atomic mass is 16.1. The second kappa shape index (κ2) is 9.17. The van der Waals surface area contributed by atoms with Gasteiger partial charge in [0.2, 0.25) is 5.91 Å². The molecule has 8 heteroatoms. The fraction of sp³-hybridized carbons (Fsp3) is 0.667. The first-order chi connectivity index (χ1) is 15.6. The highest BCUT2D eigenvalue weighted by molar-refractivity contribution is 5.94. The van der Waals surface area contributed by atoms with Crippen LogP contribution >= 0.6 is 0 Å². The van der Waals surface area contributed by atoms with E-state index in [-0.39, 0.29) is 11.8 Å². The largest absolute Gasteiger partial charge is 0.356 e. The number of piperidine rings is 1. The van der Waals surface area contributed by atoms with E-state index in [1.54, 1.807) is 6.33 Å². The van der Waals surface area contributed by atoms with E-state index in [1.165, 1.54) is 31.0 Å². The summed E-state index contributed by atoms with van der Waals surface area (Å²) in [5, 5.41) is 2.93. The topological polar surface area (TPSA) is 79.2 Å². The van der Waals surface area contributed by atoms with Crippen molar-refractivity contribution in [2.75, 3.05) is 42.9 Å². The molecule has 32 heavy (non-hydrogen) atoms. The molecule has 3 aliphatic heterocycles. The number of aromatic nitrogens is 4. The van der Waals surface area contributed by atoms with Crippen LogP contribution < -0.4 is 10.2 Å². The number of nitrogens with zero attached hydrogens (tertiary/aromatic N) is 6. The van der Waals surface area contributed by atoms with E-state index < -0.39 is 0 Å². The number of nitrogens with one attached hydrogen (secondary N) is 1. The Morgan fingerprint density at radius 3 is 2.66 bits per heavy atom. The van der Waals surface area contributed by atoms with Gasteiger partial charge in [0.05, 0.1) is 5.69 Å². The number of anilines is 2. The molecule has 8 nitrogen and oxygen atoms in total. The average molecular weight is 438 g/mol. The van der Waals surface area contributed by atoms with Gasteiger partial charge in [0.15, 0.2) is 0 Å². The molecular weight excluding hydrogens is 402 g/mol. The van der Waals surface area contributed by atoms with Gasteiger partial charge >= 0.3 is 0 Å². The Labute approximate surface area is 190 Å². The molecule has 2 saturated heterocycles. The minimum Gasteiger partial charge on any atom is -0.356 e. The average Bonchev–Trinajstić information content (AvgIpc) is 3.15. The fourth-order valence-electron chi connectivity index (χ4n) is 5.33. The number of aryl methyl sites for hydroxylation is 1. The molecule has 1 N–H and O–H groups in total. The van der Waals surface area contributed by atoms with Gasteiger partial charge in [-0.2, -0.15) is 0 Å². The zero-order valence-electron chi connectivity index (χ0n) is 19.4. The number of fused-ring (bicyclic) bond motifs is 1. The van der Waals surface area contributed by atoms with E-state index in [0.29, 0.717) is 18.2 Å². The molecule has 0 saturated carbocycles. The minimum atomic E-state index is 0.0429. The third kappa shape index (κ3) is 4.25. The van der Waals surface area contributed by atoms with E-state index in [9.17, 15) is 4.79 Å². The zero-order chi connectivity index (χ0) is 22.1. The van der Waals surface area contributed by atoms with Crippen LogP contribution in [0.5, 0.6) is 0 Å². The normalized spacial score (nSPS) is 21.9. The van der Waals surface area contributed by atoms with Crippen molar-refractivity contribution in [2.45, 2.75) is 70.8 Å². The highest BCUT2D eigenvalue weighted by Gasteiger charge is 2.31. The summed E-state index contributed by atoms with van der Waals surface area (Å²) in [4.78, 5) is 30.9. The number of amides is 1. The van der Waals surface area contributed by atoms with Crippen LogP contribution in [0.4, 0.5) is 11.6 Å². The molecular formula is C24H35N7O. The first-order valence-electron chi connectivity index (χ1n) is 12.3. The summed E-state index contributed by atoms with van der Waals surface area (Å²) in [6.07, 6.45) is 10.1. The van der Waals surface area contributed by atoms with Crippen molar-refractivity contribution in [1.82, 2.24) is 24.4 Å². The summed E-state index contributed by atoms with van der Waals surface area (Å²) in [6.45, 7) is 10.9. The maximum absolute atomic E-state index is 11.9. The van der Waals surface area contributed by atoms with Crippen LogP contribution in [-0.4, -0.2) is 63.0 Å². The number of hydrogen-bond acceptors (Lipinski definition) is 6. The molecule has 0 spiro atoms. The Morgan fingerprint density at radius 1 is 1.12 bits per heavy atom. The van der Waals surface area contributed by atoms with Crippen molar-refractivity contribution in [3.05, 3.63) is 29.6 Å². The van der Waals surface area contributed by atoms with Gasteiger partial charge in [0.25, 0.3) is 0 Å². The van der Waals surface area contributed by atoms with Crippen LogP contribution in [0.25, 0.3) is 0 Å². The van der Waals surface area contributed by atoms with Gasteiger partial charge in [-0.3, -0.25) is 4.79 Å². The highest BCUT2D eigenvalue weighted by Crippen LogP contribution is 2.38. The molecule has 172 valence electrons. The lowest BCUT2D eigenvalue weighted by atomic mass is 9.92. The second-order valence-electron chi connectivity index (χ2n) is 9.60. The summed E-state index contributed by atoms with van der Waals surface area (Å²) < 4.78 is 2.44. The van der Waals surface area contributed by atoms with Crippen molar-refractivity contribution >= 4 is 17.5 Å². The number of rotatable bonds is 7. The number of likely N-dealkylation sites (tertiary alicyclic amines) is 1. The first-order valence-corrected chi connectivity index (χ1v) is 12.3. The summed E-state index contributed by atoms with van der Waals surface area (Å²) in [7, 11) is 0. The van der Waals surface area contributed by atoms with Crippen LogP contribution in [-0.2, 0) is 17.8 Å². The lowest BCUT2D eigenvalue weighted by molar-refractivity contribution is -0.116. The second-order valence-corrected chi connectivity index (χ2v) is 9.60. The SMILES string of the molecule is CCCc1cn(CCN2CCC2)c(C2CCN(c3ncnc4c3[C@H](C)CC(=O)N4)CC2)n1. The number of imidazole rings is 1. The van der Waals surface area contributed by atoms with Crippen LogP contribution in [0.2, 0.25) is 0 Å². The summed E-state index contributed by atoms with van der Waals surface area (Å²) >= 11 is 0. The van der Waals surface area contributed by atoms with E-state index in [2.05, 4.69) is 49.7 Å². The maximum atomic E-state index is 11.9. The molecule has 5 rings (SSSR count). The third-order valence-corrected chi connectivity index (χ3v) is 7.23. The molecule has 2 fully saturated rings. The minimum absolute atomic E-state index is 0.0429. The van der Waals surface area contributed by atoms with Crippen molar-refractivity contribution < 1.29 is 4.79 Å². The summed E-state index contributed by atoms with van der Waals surface area (Å²) in [6, 6.07) is 0. The van der Waals surface area contributed by atoms with Crippen molar-refractivity contribution in [2.24, 2.45) is 0 Å². The predicted molar refractivity (Wildman–Crippen MR) is 125 cm³/mol. The van der Waals surface area contributed by atoms with Crippen LogP contribution in [0, 0.1) is 0 Å². The van der Waals surface area contributed by atoms with Gasteiger partial charge in [-0.15, -0.1) is 0 Å². The predicted octanol–water partition coefficient (Wildman–Crippen LogP) is 3.16. The molecule has 0 radical (unpaired) electrons. The van der Waals surface area contributed by atoms with Crippen LogP contribution in [0.3, 0.4) is 0 Å². The molecule has 2 aromatic heterocycles. The van der Waals surface area contributed by atoms with Gasteiger partial charge in [0.1, 0.15) is 23.8 Å². The Bertz CT molecular complexity index is 959. The van der Waals surface area contributed by atoms with E-state index >= 15 is 0 Å². The van der Waals surface area contributed by atoms with Gasteiger partial charge < -0.3 is 19.7 Å². The smallest absolute Gasteiger partial charge is 0.226 e. The van der Waals surface area contributed by atoms with Crippen molar-refractivity contribution in [1.29, 1.82) is 0 Å². The molecule has 0 bridgehead atoms. The van der Waals surface area contributed by atoms with Crippen molar-refractivity contribution in [3.63, 3.8) is 0 Å². The van der Waals surface area contributed by atoms with E-state index in [1.807, 2.05) is 0 Å². The van der Waals surface area contributed by atoms with Gasteiger partial charge in [0, 0.05) is 50.3 Å². The zero-order valence-corrected chi connectivity index (χ0v) is 19.4. The Kier molecular flexibility index (Phi) is 6.13. The van der Waals surface area contributed by atoms with E-state index in [4.69, 9.17) is 4.98 Å². The molecule has 0 unspecified atom stereocenters. The molecule has 0 aromatic carbocycles. The fourth-order valence-corrected chi connectivity index (χ4v) is 5.33. The quantitative estimate of drug-likeness (QED) is 0.717. The van der Waals surface area contributed by atoms with Gasteiger partial charge in [-0.1, -0.05) is 20.3 Å². The molecule has 1 amide bonds. The lowest BCUT2D eigenvalue weighted by Gasteiger charge is -2.36. The molecule has 2 aromatic rings. The number of carbonyl (C=O) groups is 1. The Balaban J connectivity index is 1.30. The lowest BCUT2D eigenvalue weighted by Crippen LogP contribution is -2.39. The summed E-state index contributed by atoms with van der Waals surface area (Å²) in [5.41, 5.74) is 2.33. The third-order valence-electron chi connectivity index (χ3n) is 7.23. The first kappa shape index (κ1) is 21.4. The Hall–Kier alpha value is -2.48. The van der Waals surface area contributed by atoms with Crippen LogP contribution in [0.1, 0.15) is 74.9 Å². The molecule has 3 aliphatic rings. The van der Waals surface area contributed by atoms with Gasteiger partial charge in [-0.25, -0.2) is 15.0 Å². The number of carbonyl (C=O) groups excluding carboxylic acids is 1. The van der Waals surface area contributed by atoms with Gasteiger partial charge in [-0.05, 0) is 44.7 Å². The molecule has 1 atom stereocenters. The monoisotopic (exact) mass is 437 g/mol. The molecule has 0 aliphatic carbocycles. The molecule has 5 heterocycles. The Morgan fingerprint density at radius 2 is 1.94 bits per heavy atom. The summed E-state index contributed by atoms with van der Waals surface area (Å²) in [5.74, 6) is 3.63. The standard InChI is InChI=1S/C24H35N7O/c1-3-5-19-15-31(13-12-29-8-4-9-29)23(27-19)18-6-10-30(11-7-18)24-21-17(2)14-20(32)28-22(21)25-16-26-24/h15-18H,3-14H2,1-2H3,(H,25,26,28,32)/t17-/m1/s1. The van der Waals surface area contributed by atoms with E-state index in [0.717, 1.165) is 63.2 Å². The number of hydrogen-bond donors (Lipinski definition) is 1.